The van der Waals surface area contributed by atoms with Gasteiger partial charge in [-0.1, -0.05) is 142 Å². The highest BCUT2D eigenvalue weighted by molar-refractivity contribution is 6.80. The van der Waals surface area contributed by atoms with E-state index < -0.39 is 0 Å². The fourth-order valence-corrected chi connectivity index (χ4v) is 18.9. The molecule has 0 aliphatic heterocycles. The third-order valence-electron chi connectivity index (χ3n) is 26.0. The van der Waals surface area contributed by atoms with Crippen molar-refractivity contribution in [1.29, 1.82) is 0 Å². The molecule has 0 aliphatic carbocycles. The molecule has 13 rings (SSSR count). The summed E-state index contributed by atoms with van der Waals surface area (Å²) in [7, 11) is 77.2. The Hall–Kier alpha value is -5.40. The normalized spacial score (nSPS) is 12.1. The summed E-state index contributed by atoms with van der Waals surface area (Å²) in [6, 6.07) is 0. The van der Waals surface area contributed by atoms with E-state index in [1.165, 1.54) is 295 Å². The van der Waals surface area contributed by atoms with Crippen molar-refractivity contribution in [3.8, 4) is 44.5 Å². The van der Waals surface area contributed by atoms with Crippen LogP contribution in [0.1, 0.15) is 0 Å². The van der Waals surface area contributed by atoms with Crippen molar-refractivity contribution >= 4 is 512 Å². The Kier molecular flexibility index (Phi) is 14.4. The van der Waals surface area contributed by atoms with E-state index in [0.717, 1.165) is 11.2 Å². The van der Waals surface area contributed by atoms with Crippen LogP contribution in [0.15, 0.2) is 4.42 Å². The first kappa shape index (κ1) is 62.4. The van der Waals surface area contributed by atoms with E-state index >= 15 is 0 Å². The van der Waals surface area contributed by atoms with Crippen molar-refractivity contribution in [2.24, 2.45) is 0 Å². The zero-order chi connectivity index (χ0) is 65.0. The molecule has 390 valence electrons. The van der Waals surface area contributed by atoms with Gasteiger partial charge >= 0.3 is 0 Å². The fraction of sp³-hybridized carbons (Fsp3) is 0. The number of benzene rings is 12. The molecule has 89 heavy (non-hydrogen) atoms. The molecule has 33 heteroatoms. The quantitative estimate of drug-likeness (QED) is 0.126. The van der Waals surface area contributed by atoms with Gasteiger partial charge in [-0.05, 0) is 109 Å². The van der Waals surface area contributed by atoms with Gasteiger partial charge in [0.15, 0.2) is 0 Å². The minimum absolute atomic E-state index is 1.02. The van der Waals surface area contributed by atoms with Gasteiger partial charge in [0, 0.05) is 10.8 Å². The first-order valence-electron chi connectivity index (χ1n) is 33.2. The van der Waals surface area contributed by atoms with Crippen molar-refractivity contribution in [2.75, 3.05) is 0 Å². The zero-order valence-electron chi connectivity index (χ0n) is 60.4. The average molecular weight is 1100 g/mol. The molecular weight excluding hydrogens is 1030 g/mol. The van der Waals surface area contributed by atoms with E-state index in [9.17, 15) is 0 Å². The summed E-state index contributed by atoms with van der Waals surface area (Å²) >= 11 is 0. The molecule has 0 amide bonds. The maximum absolute atomic E-state index is 7.32. The average Bonchev–Trinajstić information content (AvgIpc) is 1.11. The predicted molar refractivity (Wildman–Crippen MR) is 505 cm³/mol. The lowest BCUT2D eigenvalue weighted by atomic mass is 9.54. The van der Waals surface area contributed by atoms with Gasteiger partial charge in [-0.2, -0.15) is 0 Å². The lowest BCUT2D eigenvalue weighted by molar-refractivity contribution is 0.675. The highest BCUT2D eigenvalue weighted by Gasteiger charge is 2.36. The van der Waals surface area contributed by atoms with Crippen molar-refractivity contribution < 1.29 is 4.42 Å². The van der Waals surface area contributed by atoms with Crippen LogP contribution in [0.25, 0.3) is 131 Å². The molecule has 0 unspecified atom stereocenters. The number of fused-ring (bicyclic) bond motifs is 3. The minimum atomic E-state index is 1.02. The summed E-state index contributed by atoms with van der Waals surface area (Å²) in [6.45, 7) is 0. The second-order valence-corrected chi connectivity index (χ2v) is 29.0. The number of hydrogen-bond acceptors (Lipinski definition) is 1. The van der Waals surface area contributed by atoms with E-state index in [2.05, 4.69) is 251 Å². The topological polar surface area (TPSA) is 13.1 Å². The molecule has 1 aromatic heterocycles. The molecule has 0 saturated carbocycles. The third kappa shape index (κ3) is 7.55. The largest absolute Gasteiger partial charge is 0.457 e. The molecule has 0 bridgehead atoms. The van der Waals surface area contributed by atoms with Gasteiger partial charge in [-0.3, -0.25) is 0 Å². The predicted octanol–water partition coefficient (Wildman–Crippen LogP) is -39.7. The second kappa shape index (κ2) is 20.5. The van der Waals surface area contributed by atoms with Gasteiger partial charge < -0.3 is 4.42 Å². The van der Waals surface area contributed by atoms with Gasteiger partial charge in [0.2, 0.25) is 0 Å². The van der Waals surface area contributed by atoms with Gasteiger partial charge in [0.05, 0.1) is 0 Å². The summed E-state index contributed by atoms with van der Waals surface area (Å²) < 4.78 is 7.32. The Labute approximate surface area is 557 Å². The molecule has 0 saturated heterocycles. The van der Waals surface area contributed by atoms with Crippen LogP contribution < -0.4 is 175 Å². The van der Waals surface area contributed by atoms with Gasteiger partial charge in [0.25, 0.3) is 0 Å². The van der Waals surface area contributed by atoms with Crippen molar-refractivity contribution in [1.82, 2.24) is 0 Å². The summed E-state index contributed by atoms with van der Waals surface area (Å²) in [6.07, 6.45) is 0. The van der Waals surface area contributed by atoms with Crippen LogP contribution in [0.2, 0.25) is 0 Å². The lowest BCUT2D eigenvalue weighted by Crippen LogP contribution is -2.55. The van der Waals surface area contributed by atoms with Crippen molar-refractivity contribution in [3.63, 3.8) is 0 Å². The second-order valence-electron chi connectivity index (χ2n) is 29.0. The Morgan fingerprint density at radius 1 is 0.101 bits per heavy atom. The highest BCUT2D eigenvalue weighted by Crippen LogP contribution is 2.43. The van der Waals surface area contributed by atoms with Crippen LogP contribution in [0, 0.1) is 0 Å². The Morgan fingerprint density at radius 3 is 0.652 bits per heavy atom. The summed E-state index contributed by atoms with van der Waals surface area (Å²) in [5.74, 6) is 0. The summed E-state index contributed by atoms with van der Waals surface area (Å²) in [4.78, 5) is 0. The molecule has 0 N–H and O–H groups in total. The van der Waals surface area contributed by atoms with Gasteiger partial charge in [-0.15, -0.1) is 32.8 Å². The van der Waals surface area contributed by atoms with E-state index in [1.807, 2.05) is 0 Å². The molecule has 0 radical (unpaired) electrons. The molecular formula is C56H64B32O. The molecule has 1 nitrogen and oxygen atoms in total. The van der Waals surface area contributed by atoms with E-state index in [4.69, 9.17) is 4.42 Å². The first-order chi connectivity index (χ1) is 41.6. The number of rotatable bonds is 4. The van der Waals surface area contributed by atoms with Crippen molar-refractivity contribution in [3.05, 3.63) is 0 Å². The molecule has 0 atom stereocenters. The molecule has 0 spiro atoms. The molecule has 0 fully saturated rings. The summed E-state index contributed by atoms with van der Waals surface area (Å²) in [5.41, 5.74) is 56.6. The standard InChI is InChI=1S/C56H64B32O/c57-23-6(10-7-1-3-14(32(66)26(7)60)38(72)46(80)40(74)16(3)36(70)34(68)12(1)30(64)28(10)62)5(18-42(76)48(82)51(85)49(83)43(18)77)9(20-25(59)21-22-45(79)50(84)52(86)54(88)56(22)89-55(21)53(87)44(20)78)24(58)19(23)11-8-2-4-15(33(67)27(8)61)39(73)47(81)41(75)17(4)37(71)35(69)13(2)31(65)29(11)63/h57-88H2. The Balaban J connectivity index is 1.42. The highest BCUT2D eigenvalue weighted by atomic mass is 16.3. The van der Waals surface area contributed by atoms with E-state index in [0.29, 0.717) is 0 Å². The monoisotopic (exact) mass is 1100 g/mol. The SMILES string of the molecule is Bc1c(B)c(B)c(-c2c(-c3c(B)c(B)c4oc5c(B)c(B)c(B)c(B)c5c4c3B)c(B)c(-c3c(B)c(B)c4c(B)c(B)c5c(B)c(B)c(B)c6c(B)c(B)c3c4c56)c(B)c2-c2c(B)c(B)c3c(B)c(B)c4c(B)c(B)c(B)c5c(B)c(B)c2c3c45)c(B)c1B. The van der Waals surface area contributed by atoms with Crippen LogP contribution >= 0.6 is 0 Å². The maximum Gasteiger partial charge on any atom is 0.143 e. The lowest BCUT2D eigenvalue weighted by Gasteiger charge is -2.35. The number of furan rings is 1. The van der Waals surface area contributed by atoms with E-state index in [1.54, 1.807) is 0 Å². The van der Waals surface area contributed by atoms with E-state index in [-0.39, 0.29) is 0 Å². The molecule has 0 aliphatic rings. The maximum atomic E-state index is 7.32. The third-order valence-corrected chi connectivity index (χ3v) is 26.0. The van der Waals surface area contributed by atoms with Crippen LogP contribution in [-0.4, -0.2) is 251 Å². The molecule has 13 aromatic rings. The van der Waals surface area contributed by atoms with Crippen LogP contribution in [0.4, 0.5) is 0 Å². The fourth-order valence-electron chi connectivity index (χ4n) is 18.9. The Bertz CT molecular complexity index is 5550. The van der Waals surface area contributed by atoms with Crippen LogP contribution in [0.5, 0.6) is 0 Å². The summed E-state index contributed by atoms with van der Waals surface area (Å²) in [5, 5.41) is 19.7. The van der Waals surface area contributed by atoms with Crippen LogP contribution in [-0.2, 0) is 0 Å². The van der Waals surface area contributed by atoms with Gasteiger partial charge in [0.1, 0.15) is 262 Å². The smallest absolute Gasteiger partial charge is 0.143 e. The first-order valence-corrected chi connectivity index (χ1v) is 33.2. The van der Waals surface area contributed by atoms with Crippen molar-refractivity contribution in [2.45, 2.75) is 0 Å². The zero-order valence-corrected chi connectivity index (χ0v) is 60.4. The molecule has 1 heterocycles. The van der Waals surface area contributed by atoms with Crippen LogP contribution in [0.3, 0.4) is 0 Å². The minimum Gasteiger partial charge on any atom is -0.457 e. The van der Waals surface area contributed by atoms with Gasteiger partial charge in [-0.25, -0.2) is 0 Å². The molecule has 12 aromatic carbocycles. The number of hydrogen-bond donors (Lipinski definition) is 0. The Morgan fingerprint density at radius 2 is 0.281 bits per heavy atom.